The monoisotopic (exact) mass is 537 g/mol. The number of hydrogen-bond donors (Lipinski definition) is 1. The van der Waals surface area contributed by atoms with Gasteiger partial charge in [-0.1, -0.05) is 96.6 Å². The zero-order chi connectivity index (χ0) is 27.4. The topological polar surface area (TPSA) is 93.5 Å². The maximum atomic E-state index is 13.7. The van der Waals surface area contributed by atoms with Gasteiger partial charge in [-0.2, -0.15) is 0 Å². The molecule has 4 aromatic carbocycles. The minimum atomic E-state index is -4.00. The van der Waals surface area contributed by atoms with E-state index >= 15 is 0 Å². The van der Waals surface area contributed by atoms with Gasteiger partial charge in [0.25, 0.3) is 0 Å². The quantitative estimate of drug-likeness (QED) is 0.179. The first-order valence-electron chi connectivity index (χ1n) is 12.6. The number of benzene rings is 4. The predicted molar refractivity (Wildman–Crippen MR) is 151 cm³/mol. The molecule has 196 valence electrons. The first-order valence-corrected chi connectivity index (χ1v) is 14.0. The average Bonchev–Trinajstić information content (AvgIpc) is 2.95. The second kappa shape index (κ2) is 11.2. The van der Waals surface area contributed by atoms with Crippen molar-refractivity contribution in [2.24, 2.45) is 0 Å². The number of rotatable bonds is 9. The Balaban J connectivity index is 1.69. The third kappa shape index (κ3) is 5.90. The number of ketones is 1. The zero-order valence-corrected chi connectivity index (χ0v) is 22.1. The van der Waals surface area contributed by atoms with Gasteiger partial charge in [-0.25, -0.2) is 17.9 Å². The minimum Gasteiger partial charge on any atom is -0.423 e. The third-order valence-electron chi connectivity index (χ3n) is 6.76. The Hall–Kier alpha value is -4.33. The highest BCUT2D eigenvalue weighted by Gasteiger charge is 2.33. The molecule has 0 aliphatic rings. The molecule has 1 heterocycles. The zero-order valence-electron chi connectivity index (χ0n) is 21.3. The number of para-hydroxylation sites is 1. The Morgan fingerprint density at radius 2 is 1.44 bits per heavy atom. The molecule has 0 bridgehead atoms. The van der Waals surface area contributed by atoms with Gasteiger partial charge in [0.1, 0.15) is 5.58 Å². The lowest BCUT2D eigenvalue weighted by atomic mass is 9.82. The number of hydrogen-bond acceptors (Lipinski definition) is 5. The third-order valence-corrected chi connectivity index (χ3v) is 8.21. The van der Waals surface area contributed by atoms with Crippen LogP contribution in [-0.2, 0) is 10.0 Å². The summed E-state index contributed by atoms with van der Waals surface area (Å²) >= 11 is 0. The highest BCUT2D eigenvalue weighted by atomic mass is 32.2. The number of aryl methyl sites for hydroxylation is 1. The van der Waals surface area contributed by atoms with E-state index in [1.165, 1.54) is 6.07 Å². The van der Waals surface area contributed by atoms with Gasteiger partial charge >= 0.3 is 5.63 Å². The first-order chi connectivity index (χ1) is 18.8. The highest BCUT2D eigenvalue weighted by molar-refractivity contribution is 7.89. The van der Waals surface area contributed by atoms with Gasteiger partial charge in [0.15, 0.2) is 5.78 Å². The van der Waals surface area contributed by atoms with Crippen molar-refractivity contribution < 1.29 is 17.6 Å². The molecule has 0 unspecified atom stereocenters. The van der Waals surface area contributed by atoms with Gasteiger partial charge in [-0.3, -0.25) is 4.79 Å². The second-order valence-corrected chi connectivity index (χ2v) is 11.2. The summed E-state index contributed by atoms with van der Waals surface area (Å²) < 4.78 is 35.6. The lowest BCUT2D eigenvalue weighted by Gasteiger charge is -2.29. The van der Waals surface area contributed by atoms with Crippen molar-refractivity contribution >= 4 is 26.8 Å². The number of fused-ring (bicyclic) bond motifs is 1. The average molecular weight is 538 g/mol. The maximum absolute atomic E-state index is 13.7. The van der Waals surface area contributed by atoms with Crippen molar-refractivity contribution in [1.82, 2.24) is 4.72 Å². The number of Topliss-reactive ketones (excluding diaryl/α,β-unsaturated/α-hetero) is 1. The summed E-state index contributed by atoms with van der Waals surface area (Å²) in [5.41, 5.74) is 2.42. The molecule has 0 amide bonds. The molecule has 0 aliphatic carbocycles. The Morgan fingerprint density at radius 3 is 2.13 bits per heavy atom. The molecule has 0 spiro atoms. The van der Waals surface area contributed by atoms with Crippen LogP contribution in [0.1, 0.15) is 45.4 Å². The predicted octanol–water partition coefficient (Wildman–Crippen LogP) is 6.18. The van der Waals surface area contributed by atoms with Gasteiger partial charge in [0.05, 0.1) is 10.9 Å². The van der Waals surface area contributed by atoms with Crippen molar-refractivity contribution in [2.75, 3.05) is 0 Å². The van der Waals surface area contributed by atoms with Crippen molar-refractivity contribution in [3.05, 3.63) is 148 Å². The summed E-state index contributed by atoms with van der Waals surface area (Å²) in [7, 11) is -4.00. The lowest BCUT2D eigenvalue weighted by molar-refractivity contribution is 0.0968. The van der Waals surface area contributed by atoms with Crippen LogP contribution in [-0.4, -0.2) is 14.2 Å². The van der Waals surface area contributed by atoms with Crippen molar-refractivity contribution in [2.45, 2.75) is 30.2 Å². The summed E-state index contributed by atoms with van der Waals surface area (Å²) in [6, 6.07) is 32.1. The fourth-order valence-corrected chi connectivity index (χ4v) is 6.05. The van der Waals surface area contributed by atoms with E-state index in [1.807, 2.05) is 55.5 Å². The summed E-state index contributed by atoms with van der Waals surface area (Å²) in [5, 5.41) is 0.637. The lowest BCUT2D eigenvalue weighted by Crippen LogP contribution is -2.34. The SMILES string of the molecule is Cc1ccc(S(=O)(=O)N[C@@H](c2ccccc2)[C@H](CC(=O)c2ccccc2)c2cc(=O)oc3ccccc23)cc1. The van der Waals surface area contributed by atoms with Crippen LogP contribution in [0.5, 0.6) is 0 Å². The molecule has 6 nitrogen and oxygen atoms in total. The normalized spacial score (nSPS) is 13.2. The van der Waals surface area contributed by atoms with Crippen LogP contribution >= 0.6 is 0 Å². The molecule has 0 radical (unpaired) electrons. The molecular weight excluding hydrogens is 510 g/mol. The standard InChI is InChI=1S/C32H27NO5S/c1-22-16-18-25(19-17-22)39(36,37)33-32(24-12-6-3-7-13-24)28(20-29(34)23-10-4-2-5-11-23)27-21-31(35)38-30-15-9-8-14-26(27)30/h2-19,21,28,32-33H,20H2,1H3/t28-,32+/m1/s1. The van der Waals surface area contributed by atoms with E-state index in [0.717, 1.165) is 5.56 Å². The Kier molecular flexibility index (Phi) is 7.54. The Morgan fingerprint density at radius 1 is 0.821 bits per heavy atom. The van der Waals surface area contributed by atoms with Gasteiger partial charge < -0.3 is 4.42 Å². The van der Waals surface area contributed by atoms with E-state index in [0.29, 0.717) is 27.7 Å². The van der Waals surface area contributed by atoms with Gasteiger partial charge in [0, 0.05) is 29.4 Å². The number of carbonyl (C=O) groups is 1. The van der Waals surface area contributed by atoms with Gasteiger partial charge in [0.2, 0.25) is 10.0 Å². The van der Waals surface area contributed by atoms with E-state index in [-0.39, 0.29) is 17.1 Å². The summed E-state index contributed by atoms with van der Waals surface area (Å²) in [5.74, 6) is -0.900. The maximum Gasteiger partial charge on any atom is 0.336 e. The van der Waals surface area contributed by atoms with Crippen LogP contribution in [0.4, 0.5) is 0 Å². The molecular formula is C32H27NO5S. The number of sulfonamides is 1. The number of carbonyl (C=O) groups excluding carboxylic acids is 1. The first kappa shape index (κ1) is 26.3. The van der Waals surface area contributed by atoms with Crippen LogP contribution < -0.4 is 10.3 Å². The highest BCUT2D eigenvalue weighted by Crippen LogP contribution is 2.39. The molecule has 2 atom stereocenters. The largest absolute Gasteiger partial charge is 0.423 e. The molecule has 0 aliphatic heterocycles. The summed E-state index contributed by atoms with van der Waals surface area (Å²) in [6.45, 7) is 1.88. The second-order valence-electron chi connectivity index (χ2n) is 9.44. The molecule has 0 saturated carbocycles. The molecule has 5 rings (SSSR count). The van der Waals surface area contributed by atoms with Crippen molar-refractivity contribution in [1.29, 1.82) is 0 Å². The van der Waals surface area contributed by atoms with E-state index in [9.17, 15) is 18.0 Å². The minimum absolute atomic E-state index is 0.0482. The van der Waals surface area contributed by atoms with Crippen LogP contribution in [0.3, 0.4) is 0 Å². The van der Waals surface area contributed by atoms with Crippen LogP contribution in [0.15, 0.2) is 129 Å². The Bertz CT molecular complexity index is 1760. The van der Waals surface area contributed by atoms with E-state index in [1.54, 1.807) is 60.7 Å². The molecule has 39 heavy (non-hydrogen) atoms. The fourth-order valence-electron chi connectivity index (χ4n) is 4.79. The van der Waals surface area contributed by atoms with Gasteiger partial charge in [-0.15, -0.1) is 0 Å². The molecule has 1 aromatic heterocycles. The van der Waals surface area contributed by atoms with Crippen LogP contribution in [0.2, 0.25) is 0 Å². The molecule has 7 heteroatoms. The fraction of sp³-hybridized carbons (Fsp3) is 0.125. The molecule has 0 fully saturated rings. The van der Waals surface area contributed by atoms with Crippen molar-refractivity contribution in [3.8, 4) is 0 Å². The van der Waals surface area contributed by atoms with Crippen LogP contribution in [0.25, 0.3) is 11.0 Å². The summed E-state index contributed by atoms with van der Waals surface area (Å²) in [6.07, 6.45) is -0.0482. The molecule has 5 aromatic rings. The van der Waals surface area contributed by atoms with E-state index in [4.69, 9.17) is 4.42 Å². The summed E-state index contributed by atoms with van der Waals surface area (Å²) in [4.78, 5) is 26.4. The molecule has 0 saturated heterocycles. The Labute approximate surface area is 227 Å². The number of nitrogens with one attached hydrogen (secondary N) is 1. The molecule has 1 N–H and O–H groups in total. The van der Waals surface area contributed by atoms with Crippen molar-refractivity contribution in [3.63, 3.8) is 0 Å². The van der Waals surface area contributed by atoms with Gasteiger partial charge in [-0.05, 0) is 36.2 Å². The van der Waals surface area contributed by atoms with E-state index in [2.05, 4.69) is 4.72 Å². The van der Waals surface area contributed by atoms with Crippen LogP contribution in [0, 0.1) is 6.92 Å². The smallest absolute Gasteiger partial charge is 0.336 e. The van der Waals surface area contributed by atoms with E-state index < -0.39 is 27.6 Å².